The number of nitrogens with one attached hydrogen (secondary N) is 3. The summed E-state index contributed by atoms with van der Waals surface area (Å²) >= 11 is 0. The molecule has 9 nitrogen and oxygen atoms in total. The lowest BCUT2D eigenvalue weighted by molar-refractivity contribution is -0.133. The van der Waals surface area contributed by atoms with Crippen LogP contribution in [-0.2, 0) is 19.1 Å². The van der Waals surface area contributed by atoms with Crippen molar-refractivity contribution in [3.8, 4) is 0 Å². The first kappa shape index (κ1) is 25.5. The third-order valence-corrected chi connectivity index (χ3v) is 4.95. The summed E-state index contributed by atoms with van der Waals surface area (Å²) in [5, 5.41) is 14.4. The molecular weight excluding hydrogens is 426 g/mol. The van der Waals surface area contributed by atoms with Crippen LogP contribution in [-0.4, -0.2) is 42.0 Å². The maximum Gasteiger partial charge on any atom is 0.337 e. The summed E-state index contributed by atoms with van der Waals surface area (Å²) in [6.45, 7) is 3.84. The summed E-state index contributed by atoms with van der Waals surface area (Å²) < 4.78 is 4.66. The van der Waals surface area contributed by atoms with Crippen molar-refractivity contribution in [2.75, 3.05) is 12.4 Å². The lowest BCUT2D eigenvalue weighted by atomic mass is 9.93. The SMILES string of the molecule is COC(=O)c1ccc(NC(=O)[C@H](CC(C)C)NC(=O)[C@@H](CC(=O)NO)c2ccccc2)cc1. The molecule has 0 spiro atoms. The van der Waals surface area contributed by atoms with Gasteiger partial charge in [0.15, 0.2) is 0 Å². The predicted molar refractivity (Wildman–Crippen MR) is 122 cm³/mol. The number of esters is 1. The largest absolute Gasteiger partial charge is 0.465 e. The molecule has 2 rings (SSSR count). The van der Waals surface area contributed by atoms with Gasteiger partial charge in [-0.15, -0.1) is 0 Å². The minimum atomic E-state index is -0.889. The molecule has 0 saturated carbocycles. The standard InChI is InChI=1S/C24H29N3O6/c1-15(2)13-20(23(30)25-18-11-9-17(10-12-18)24(31)33-3)26-22(29)19(14-21(28)27-32)16-7-5-4-6-8-16/h4-12,15,19-20,32H,13-14H2,1-3H3,(H,25,30)(H,26,29)(H,27,28)/t19-,20-/m0/s1. The zero-order valence-electron chi connectivity index (χ0n) is 18.8. The Hall–Kier alpha value is -3.72. The van der Waals surface area contributed by atoms with Crippen molar-refractivity contribution in [3.63, 3.8) is 0 Å². The number of amides is 3. The first-order valence-electron chi connectivity index (χ1n) is 10.5. The van der Waals surface area contributed by atoms with Crippen LogP contribution in [0.3, 0.4) is 0 Å². The maximum atomic E-state index is 13.1. The molecule has 0 unspecified atom stereocenters. The number of carbonyl (C=O) groups is 4. The topological polar surface area (TPSA) is 134 Å². The maximum absolute atomic E-state index is 13.1. The van der Waals surface area contributed by atoms with Crippen LogP contribution in [0.2, 0.25) is 0 Å². The van der Waals surface area contributed by atoms with Gasteiger partial charge in [-0.3, -0.25) is 19.6 Å². The van der Waals surface area contributed by atoms with Gasteiger partial charge in [0.05, 0.1) is 18.6 Å². The van der Waals surface area contributed by atoms with Gasteiger partial charge in [-0.05, 0) is 42.2 Å². The highest BCUT2D eigenvalue weighted by molar-refractivity contribution is 5.99. The molecule has 33 heavy (non-hydrogen) atoms. The number of rotatable bonds is 10. The molecule has 0 aliphatic heterocycles. The van der Waals surface area contributed by atoms with Crippen LogP contribution < -0.4 is 16.1 Å². The molecule has 2 aromatic carbocycles. The molecule has 0 fully saturated rings. The number of hydrogen-bond acceptors (Lipinski definition) is 6. The van der Waals surface area contributed by atoms with Crippen molar-refractivity contribution < 1.29 is 29.1 Å². The third-order valence-electron chi connectivity index (χ3n) is 4.95. The van der Waals surface area contributed by atoms with Crippen molar-refractivity contribution in [2.45, 2.75) is 38.6 Å². The smallest absolute Gasteiger partial charge is 0.337 e. The molecule has 3 amide bonds. The van der Waals surface area contributed by atoms with Crippen LogP contribution in [0.15, 0.2) is 54.6 Å². The number of methoxy groups -OCH3 is 1. The lowest BCUT2D eigenvalue weighted by Gasteiger charge is -2.23. The van der Waals surface area contributed by atoms with E-state index in [0.717, 1.165) is 0 Å². The first-order chi connectivity index (χ1) is 15.7. The molecule has 0 radical (unpaired) electrons. The average molecular weight is 456 g/mol. The van der Waals surface area contributed by atoms with E-state index < -0.39 is 35.7 Å². The fourth-order valence-corrected chi connectivity index (χ4v) is 3.29. The molecule has 0 aliphatic carbocycles. The zero-order chi connectivity index (χ0) is 24.4. The first-order valence-corrected chi connectivity index (χ1v) is 10.5. The number of carbonyl (C=O) groups excluding carboxylic acids is 4. The molecule has 176 valence electrons. The van der Waals surface area contributed by atoms with E-state index in [2.05, 4.69) is 15.4 Å². The quantitative estimate of drug-likeness (QED) is 0.247. The Balaban J connectivity index is 2.18. The molecule has 9 heteroatoms. The van der Waals surface area contributed by atoms with Crippen LogP contribution >= 0.6 is 0 Å². The number of hydrogen-bond donors (Lipinski definition) is 4. The lowest BCUT2D eigenvalue weighted by Crippen LogP contribution is -2.46. The van der Waals surface area contributed by atoms with E-state index in [9.17, 15) is 19.2 Å². The van der Waals surface area contributed by atoms with E-state index in [1.807, 2.05) is 13.8 Å². The Bertz CT molecular complexity index is 960. The zero-order valence-corrected chi connectivity index (χ0v) is 18.8. The van der Waals surface area contributed by atoms with Crippen LogP contribution in [0, 0.1) is 5.92 Å². The average Bonchev–Trinajstić information content (AvgIpc) is 2.82. The van der Waals surface area contributed by atoms with Crippen LogP contribution in [0.4, 0.5) is 5.69 Å². The normalized spacial score (nSPS) is 12.4. The third kappa shape index (κ3) is 7.73. The van der Waals surface area contributed by atoms with Crippen molar-refractivity contribution in [1.82, 2.24) is 10.8 Å². The minimum absolute atomic E-state index is 0.0960. The van der Waals surface area contributed by atoms with Crippen LogP contribution in [0.1, 0.15) is 48.5 Å². The van der Waals surface area contributed by atoms with Crippen LogP contribution in [0.5, 0.6) is 0 Å². The van der Waals surface area contributed by atoms with Crippen molar-refractivity contribution >= 4 is 29.4 Å². The molecule has 0 saturated heterocycles. The molecule has 2 atom stereocenters. The van der Waals surface area contributed by atoms with Gasteiger partial charge in [-0.1, -0.05) is 44.2 Å². The predicted octanol–water partition coefficient (Wildman–Crippen LogP) is 2.62. The Morgan fingerprint density at radius 1 is 0.939 bits per heavy atom. The highest BCUT2D eigenvalue weighted by atomic mass is 16.5. The fraction of sp³-hybridized carbons (Fsp3) is 0.333. The molecule has 4 N–H and O–H groups in total. The van der Waals surface area contributed by atoms with Crippen molar-refractivity contribution in [3.05, 3.63) is 65.7 Å². The number of hydroxylamine groups is 1. The summed E-state index contributed by atoms with van der Waals surface area (Å²) in [5.74, 6) is -2.93. The van der Waals surface area contributed by atoms with Gasteiger partial charge in [0, 0.05) is 12.1 Å². The van der Waals surface area contributed by atoms with Crippen molar-refractivity contribution in [1.29, 1.82) is 0 Å². The van der Waals surface area contributed by atoms with Gasteiger partial charge in [-0.2, -0.15) is 0 Å². The summed E-state index contributed by atoms with van der Waals surface area (Å²) in [5.41, 5.74) is 2.93. The van der Waals surface area contributed by atoms with E-state index in [4.69, 9.17) is 5.21 Å². The second-order valence-electron chi connectivity index (χ2n) is 7.95. The van der Waals surface area contributed by atoms with Gasteiger partial charge in [0.1, 0.15) is 6.04 Å². The Morgan fingerprint density at radius 3 is 2.12 bits per heavy atom. The summed E-state index contributed by atoms with van der Waals surface area (Å²) in [6.07, 6.45) is 0.0862. The van der Waals surface area contributed by atoms with Gasteiger partial charge in [0.2, 0.25) is 17.7 Å². The Labute approximate surface area is 192 Å². The fourth-order valence-electron chi connectivity index (χ4n) is 3.29. The van der Waals surface area contributed by atoms with Gasteiger partial charge < -0.3 is 15.4 Å². The number of ether oxygens (including phenoxy) is 1. The van der Waals surface area contributed by atoms with Gasteiger partial charge in [0.25, 0.3) is 0 Å². The summed E-state index contributed by atoms with van der Waals surface area (Å²) in [6, 6.07) is 14.0. The molecule has 0 heterocycles. The second kappa shape index (κ2) is 12.4. The summed E-state index contributed by atoms with van der Waals surface area (Å²) in [4.78, 5) is 49.4. The van der Waals surface area contributed by atoms with Crippen molar-refractivity contribution in [2.24, 2.45) is 5.92 Å². The van der Waals surface area contributed by atoms with E-state index in [1.165, 1.54) is 19.2 Å². The molecule has 0 aliphatic rings. The highest BCUT2D eigenvalue weighted by Gasteiger charge is 2.29. The minimum Gasteiger partial charge on any atom is -0.465 e. The number of benzene rings is 2. The van der Waals surface area contributed by atoms with E-state index in [1.54, 1.807) is 47.9 Å². The van der Waals surface area contributed by atoms with Gasteiger partial charge in [-0.25, -0.2) is 10.3 Å². The molecule has 0 aromatic heterocycles. The molecular formula is C24H29N3O6. The highest BCUT2D eigenvalue weighted by Crippen LogP contribution is 2.21. The Kier molecular flexibility index (Phi) is 9.56. The monoisotopic (exact) mass is 455 g/mol. The summed E-state index contributed by atoms with van der Waals surface area (Å²) in [7, 11) is 1.28. The second-order valence-corrected chi connectivity index (χ2v) is 7.95. The van der Waals surface area contributed by atoms with E-state index in [0.29, 0.717) is 23.2 Å². The molecule has 2 aromatic rings. The van der Waals surface area contributed by atoms with Crippen LogP contribution in [0.25, 0.3) is 0 Å². The van der Waals surface area contributed by atoms with E-state index >= 15 is 0 Å². The molecule has 0 bridgehead atoms. The van der Waals surface area contributed by atoms with Gasteiger partial charge >= 0.3 is 5.97 Å². The van der Waals surface area contributed by atoms with E-state index in [-0.39, 0.29) is 12.3 Å². The Morgan fingerprint density at radius 2 is 1.58 bits per heavy atom. The number of anilines is 1.